The summed E-state index contributed by atoms with van der Waals surface area (Å²) in [5.41, 5.74) is 8.84. The Kier molecular flexibility index (Phi) is 3.96. The van der Waals surface area contributed by atoms with E-state index in [0.717, 1.165) is 23.4 Å². The topological polar surface area (TPSA) is 68.2 Å². The summed E-state index contributed by atoms with van der Waals surface area (Å²) in [7, 11) is 2.07. The maximum Gasteiger partial charge on any atom is 0.160 e. The number of nitrogen functional groups attached to an aromatic ring is 1. The number of aromatic nitrogens is 2. The zero-order valence-corrected chi connectivity index (χ0v) is 11.7. The lowest BCUT2D eigenvalue weighted by molar-refractivity contribution is 0.315. The molecule has 1 unspecified atom stereocenters. The van der Waals surface area contributed by atoms with Crippen LogP contribution in [0.2, 0.25) is 0 Å². The van der Waals surface area contributed by atoms with Crippen LogP contribution in [-0.4, -0.2) is 35.4 Å². The van der Waals surface area contributed by atoms with Gasteiger partial charge in [0.2, 0.25) is 0 Å². The summed E-state index contributed by atoms with van der Waals surface area (Å²) >= 11 is 1.84. The van der Waals surface area contributed by atoms with Crippen molar-refractivity contribution in [1.29, 1.82) is 0 Å². The summed E-state index contributed by atoms with van der Waals surface area (Å²) in [6, 6.07) is 4.29. The van der Waals surface area contributed by atoms with Gasteiger partial charge in [0.15, 0.2) is 11.0 Å². The normalized spacial score (nSPS) is 12.8. The first kappa shape index (κ1) is 13.0. The smallest absolute Gasteiger partial charge is 0.160 e. The van der Waals surface area contributed by atoms with E-state index in [9.17, 15) is 0 Å². The second kappa shape index (κ2) is 5.48. The summed E-state index contributed by atoms with van der Waals surface area (Å²) in [4.78, 5) is 2.22. The van der Waals surface area contributed by atoms with Crippen molar-refractivity contribution in [3.05, 3.63) is 12.1 Å². The van der Waals surface area contributed by atoms with Crippen LogP contribution in [0, 0.1) is 0 Å². The Labute approximate surface area is 111 Å². The summed E-state index contributed by atoms with van der Waals surface area (Å²) in [5.74, 6) is 1.07. The van der Waals surface area contributed by atoms with Crippen LogP contribution in [0.25, 0.3) is 11.0 Å². The minimum Gasteiger partial charge on any atom is -0.397 e. The molecule has 0 amide bonds. The lowest BCUT2D eigenvalue weighted by Gasteiger charge is -2.28. The van der Waals surface area contributed by atoms with E-state index in [0.29, 0.717) is 17.2 Å². The van der Waals surface area contributed by atoms with E-state index < -0.39 is 0 Å². The molecule has 0 spiro atoms. The zero-order valence-electron chi connectivity index (χ0n) is 10.9. The molecule has 98 valence electrons. The standard InChI is InChI=1S/C12H18N4OS/c1-4-8(7-18-3)16(2)10-6-5-9(13)11-12(10)15-17-14-11/h5-6,8H,4,7,13H2,1-3H3. The third-order valence-electron chi connectivity index (χ3n) is 3.18. The minimum atomic E-state index is 0.462. The molecule has 0 fully saturated rings. The molecule has 0 saturated heterocycles. The Morgan fingerprint density at radius 3 is 2.78 bits per heavy atom. The fraction of sp³-hybridized carbons (Fsp3) is 0.500. The van der Waals surface area contributed by atoms with Crippen LogP contribution in [-0.2, 0) is 0 Å². The molecule has 2 rings (SSSR count). The van der Waals surface area contributed by atoms with Gasteiger partial charge in [-0.2, -0.15) is 11.8 Å². The van der Waals surface area contributed by atoms with E-state index in [-0.39, 0.29) is 0 Å². The van der Waals surface area contributed by atoms with Crippen molar-refractivity contribution in [2.45, 2.75) is 19.4 Å². The summed E-state index contributed by atoms with van der Waals surface area (Å²) in [6.45, 7) is 2.19. The summed E-state index contributed by atoms with van der Waals surface area (Å²) < 4.78 is 4.80. The van der Waals surface area contributed by atoms with Crippen LogP contribution in [0.5, 0.6) is 0 Å². The van der Waals surface area contributed by atoms with Crippen LogP contribution in [0.3, 0.4) is 0 Å². The van der Waals surface area contributed by atoms with Crippen LogP contribution >= 0.6 is 11.8 Å². The molecule has 1 aromatic carbocycles. The highest BCUT2D eigenvalue weighted by atomic mass is 32.2. The SMILES string of the molecule is CCC(CSC)N(C)c1ccc(N)c2nonc12. The monoisotopic (exact) mass is 266 g/mol. The molecule has 0 radical (unpaired) electrons. The Morgan fingerprint density at radius 1 is 1.39 bits per heavy atom. The number of nitrogens with two attached hydrogens (primary N) is 1. The van der Waals surface area contributed by atoms with Crippen molar-refractivity contribution >= 4 is 34.2 Å². The van der Waals surface area contributed by atoms with Gasteiger partial charge in [0.05, 0.1) is 11.4 Å². The number of nitrogens with zero attached hydrogens (tertiary/aromatic N) is 3. The van der Waals surface area contributed by atoms with Crippen molar-refractivity contribution in [3.63, 3.8) is 0 Å². The lowest BCUT2D eigenvalue weighted by Crippen LogP contribution is -2.33. The first-order valence-electron chi connectivity index (χ1n) is 5.91. The number of rotatable bonds is 5. The van der Waals surface area contributed by atoms with Gasteiger partial charge in [0.1, 0.15) is 0 Å². The average molecular weight is 266 g/mol. The van der Waals surface area contributed by atoms with Gasteiger partial charge in [-0.1, -0.05) is 6.92 Å². The summed E-state index contributed by atoms with van der Waals surface area (Å²) in [5, 5.41) is 7.81. The Morgan fingerprint density at radius 2 is 2.11 bits per heavy atom. The summed E-state index contributed by atoms with van der Waals surface area (Å²) in [6.07, 6.45) is 3.20. The van der Waals surface area contributed by atoms with E-state index in [1.165, 1.54) is 0 Å². The van der Waals surface area contributed by atoms with Gasteiger partial charge in [0.25, 0.3) is 0 Å². The van der Waals surface area contributed by atoms with Gasteiger partial charge in [-0.15, -0.1) is 0 Å². The van der Waals surface area contributed by atoms with Gasteiger partial charge < -0.3 is 10.6 Å². The molecule has 0 aliphatic rings. The Hall–Kier alpha value is -1.43. The first-order chi connectivity index (χ1) is 8.69. The molecule has 18 heavy (non-hydrogen) atoms. The molecule has 0 aliphatic heterocycles. The predicted octanol–water partition coefficient (Wildman–Crippen LogP) is 2.38. The van der Waals surface area contributed by atoms with E-state index in [4.69, 9.17) is 10.4 Å². The number of benzene rings is 1. The molecule has 2 aromatic rings. The van der Waals surface area contributed by atoms with Gasteiger partial charge in [-0.05, 0) is 35.1 Å². The van der Waals surface area contributed by atoms with E-state index >= 15 is 0 Å². The lowest BCUT2D eigenvalue weighted by atomic mass is 10.1. The van der Waals surface area contributed by atoms with Crippen molar-refractivity contribution in [2.75, 3.05) is 29.7 Å². The number of hydrogen-bond donors (Lipinski definition) is 1. The number of fused-ring (bicyclic) bond motifs is 1. The molecule has 1 atom stereocenters. The second-order valence-electron chi connectivity index (χ2n) is 4.26. The van der Waals surface area contributed by atoms with Crippen molar-refractivity contribution < 1.29 is 4.63 Å². The van der Waals surface area contributed by atoms with Crippen molar-refractivity contribution in [1.82, 2.24) is 10.3 Å². The Bertz CT molecular complexity index is 528. The van der Waals surface area contributed by atoms with E-state index in [1.54, 1.807) is 0 Å². The molecular weight excluding hydrogens is 248 g/mol. The van der Waals surface area contributed by atoms with E-state index in [2.05, 4.69) is 35.4 Å². The number of anilines is 2. The highest BCUT2D eigenvalue weighted by Crippen LogP contribution is 2.29. The van der Waals surface area contributed by atoms with Gasteiger partial charge in [-0.3, -0.25) is 0 Å². The molecule has 1 heterocycles. The van der Waals surface area contributed by atoms with Crippen molar-refractivity contribution in [2.24, 2.45) is 0 Å². The fourth-order valence-corrected chi connectivity index (χ4v) is 2.89. The van der Waals surface area contributed by atoms with E-state index in [1.807, 2.05) is 23.9 Å². The molecule has 0 bridgehead atoms. The van der Waals surface area contributed by atoms with Crippen LogP contribution in [0.4, 0.5) is 11.4 Å². The third kappa shape index (κ3) is 2.25. The molecular formula is C12H18N4OS. The molecule has 2 N–H and O–H groups in total. The third-order valence-corrected chi connectivity index (χ3v) is 3.90. The molecule has 0 saturated carbocycles. The Balaban J connectivity index is 2.41. The molecule has 0 aliphatic carbocycles. The predicted molar refractivity (Wildman–Crippen MR) is 77.1 cm³/mol. The molecule has 5 nitrogen and oxygen atoms in total. The highest BCUT2D eigenvalue weighted by Gasteiger charge is 2.18. The number of thioether (sulfide) groups is 1. The maximum atomic E-state index is 5.85. The second-order valence-corrected chi connectivity index (χ2v) is 5.17. The fourth-order valence-electron chi connectivity index (χ4n) is 2.05. The maximum absolute atomic E-state index is 5.85. The first-order valence-corrected chi connectivity index (χ1v) is 7.31. The van der Waals surface area contributed by atoms with Crippen LogP contribution in [0.1, 0.15) is 13.3 Å². The van der Waals surface area contributed by atoms with Gasteiger partial charge >= 0.3 is 0 Å². The molecule has 6 heteroatoms. The largest absolute Gasteiger partial charge is 0.397 e. The minimum absolute atomic E-state index is 0.462. The zero-order chi connectivity index (χ0) is 13.1. The van der Waals surface area contributed by atoms with Crippen LogP contribution < -0.4 is 10.6 Å². The van der Waals surface area contributed by atoms with Gasteiger partial charge in [-0.25, -0.2) is 4.63 Å². The van der Waals surface area contributed by atoms with Crippen molar-refractivity contribution in [3.8, 4) is 0 Å². The number of hydrogen-bond acceptors (Lipinski definition) is 6. The van der Waals surface area contributed by atoms with Gasteiger partial charge in [0, 0.05) is 18.8 Å². The average Bonchev–Trinajstić information content (AvgIpc) is 2.85. The van der Waals surface area contributed by atoms with Crippen LogP contribution in [0.15, 0.2) is 16.8 Å². The molecule has 1 aromatic heterocycles. The quantitative estimate of drug-likeness (QED) is 0.838. The highest BCUT2D eigenvalue weighted by molar-refractivity contribution is 7.98.